The first-order valence-corrected chi connectivity index (χ1v) is 9.71. The van der Waals surface area contributed by atoms with Gasteiger partial charge in [0.25, 0.3) is 0 Å². The molecule has 3 rings (SSSR count). The van der Waals surface area contributed by atoms with E-state index in [0.717, 1.165) is 43.3 Å². The molecular formula is C20H24ClN3O3S. The van der Waals surface area contributed by atoms with Crippen LogP contribution >= 0.6 is 23.8 Å². The number of thiocarbonyl (C=S) groups is 1. The highest BCUT2D eigenvalue weighted by Crippen LogP contribution is 2.36. The van der Waals surface area contributed by atoms with E-state index in [1.54, 1.807) is 33.5 Å². The Morgan fingerprint density at radius 2 is 1.57 bits per heavy atom. The molecule has 0 aromatic heterocycles. The Labute approximate surface area is 175 Å². The number of piperazine rings is 1. The Hall–Kier alpha value is -2.38. The number of benzene rings is 2. The fraction of sp³-hybridized carbons (Fsp3) is 0.350. The first-order chi connectivity index (χ1) is 13.6. The van der Waals surface area contributed by atoms with E-state index in [9.17, 15) is 0 Å². The minimum Gasteiger partial charge on any atom is -0.495 e. The number of halogens is 1. The van der Waals surface area contributed by atoms with Crippen molar-refractivity contribution in [1.29, 1.82) is 0 Å². The SMILES string of the molecule is COc1cc(NC(=S)N2CCN(c3ccccc3OC)CC2)c(OC)cc1Cl. The van der Waals surface area contributed by atoms with Gasteiger partial charge >= 0.3 is 0 Å². The highest BCUT2D eigenvalue weighted by Gasteiger charge is 2.22. The molecule has 1 heterocycles. The summed E-state index contributed by atoms with van der Waals surface area (Å²) in [4.78, 5) is 4.45. The second-order valence-electron chi connectivity index (χ2n) is 6.26. The molecule has 0 saturated carbocycles. The summed E-state index contributed by atoms with van der Waals surface area (Å²) >= 11 is 11.8. The second-order valence-corrected chi connectivity index (χ2v) is 7.06. The van der Waals surface area contributed by atoms with Crippen LogP contribution in [-0.2, 0) is 0 Å². The molecule has 0 bridgehead atoms. The zero-order valence-electron chi connectivity index (χ0n) is 16.2. The van der Waals surface area contributed by atoms with Crippen molar-refractivity contribution in [2.24, 2.45) is 0 Å². The molecule has 1 N–H and O–H groups in total. The van der Waals surface area contributed by atoms with Gasteiger partial charge in [-0.2, -0.15) is 0 Å². The minimum absolute atomic E-state index is 0.487. The normalized spacial score (nSPS) is 13.9. The van der Waals surface area contributed by atoms with E-state index in [2.05, 4.69) is 21.2 Å². The lowest BCUT2D eigenvalue weighted by atomic mass is 10.2. The van der Waals surface area contributed by atoms with Crippen LogP contribution in [-0.4, -0.2) is 57.5 Å². The zero-order chi connectivity index (χ0) is 20.1. The predicted octanol–water partition coefficient (Wildman–Crippen LogP) is 3.88. The van der Waals surface area contributed by atoms with Crippen LogP contribution in [0, 0.1) is 0 Å². The quantitative estimate of drug-likeness (QED) is 0.735. The lowest BCUT2D eigenvalue weighted by Gasteiger charge is -2.38. The molecule has 6 nitrogen and oxygen atoms in total. The molecule has 150 valence electrons. The highest BCUT2D eigenvalue weighted by atomic mass is 35.5. The topological polar surface area (TPSA) is 46.2 Å². The Morgan fingerprint density at radius 1 is 0.929 bits per heavy atom. The number of ether oxygens (including phenoxy) is 3. The number of anilines is 2. The summed E-state index contributed by atoms with van der Waals surface area (Å²) in [6.45, 7) is 3.31. The van der Waals surface area contributed by atoms with E-state index in [1.807, 2.05) is 18.2 Å². The van der Waals surface area contributed by atoms with E-state index >= 15 is 0 Å². The molecule has 0 unspecified atom stereocenters. The van der Waals surface area contributed by atoms with E-state index in [-0.39, 0.29) is 0 Å². The van der Waals surface area contributed by atoms with Gasteiger partial charge in [-0.05, 0) is 24.4 Å². The summed E-state index contributed by atoms with van der Waals surface area (Å²) in [5.41, 5.74) is 1.83. The zero-order valence-corrected chi connectivity index (χ0v) is 17.8. The number of nitrogens with one attached hydrogen (secondary N) is 1. The molecule has 1 aliphatic rings. The summed E-state index contributed by atoms with van der Waals surface area (Å²) in [5, 5.41) is 4.39. The summed E-state index contributed by atoms with van der Waals surface area (Å²) in [6, 6.07) is 11.6. The highest BCUT2D eigenvalue weighted by molar-refractivity contribution is 7.80. The largest absolute Gasteiger partial charge is 0.495 e. The van der Waals surface area contributed by atoms with Gasteiger partial charge in [0.1, 0.15) is 17.2 Å². The summed E-state index contributed by atoms with van der Waals surface area (Å²) in [6.07, 6.45) is 0. The first kappa shape index (κ1) is 20.4. The van der Waals surface area contributed by atoms with E-state index in [4.69, 9.17) is 38.0 Å². The molecule has 1 fully saturated rings. The van der Waals surface area contributed by atoms with Crippen LogP contribution < -0.4 is 24.4 Å². The maximum Gasteiger partial charge on any atom is 0.173 e. The van der Waals surface area contributed by atoms with Gasteiger partial charge in [0.2, 0.25) is 0 Å². The molecule has 1 aliphatic heterocycles. The van der Waals surface area contributed by atoms with Gasteiger partial charge in [-0.25, -0.2) is 0 Å². The van der Waals surface area contributed by atoms with Crippen molar-refractivity contribution in [3.8, 4) is 17.2 Å². The van der Waals surface area contributed by atoms with E-state index in [1.165, 1.54) is 0 Å². The van der Waals surface area contributed by atoms with Crippen LogP contribution in [0.1, 0.15) is 0 Å². The third kappa shape index (κ3) is 4.36. The third-order valence-electron chi connectivity index (χ3n) is 4.71. The Balaban J connectivity index is 1.66. The fourth-order valence-corrected chi connectivity index (χ4v) is 3.72. The molecule has 2 aromatic carbocycles. The van der Waals surface area contributed by atoms with Gasteiger partial charge in [0, 0.05) is 38.3 Å². The monoisotopic (exact) mass is 421 g/mol. The molecule has 0 aliphatic carbocycles. The second kappa shape index (κ2) is 9.21. The van der Waals surface area contributed by atoms with Crippen LogP contribution in [0.2, 0.25) is 5.02 Å². The molecule has 0 radical (unpaired) electrons. The average molecular weight is 422 g/mol. The van der Waals surface area contributed by atoms with E-state index < -0.39 is 0 Å². The standard InChI is InChI=1S/C20H24ClN3O3S/c1-25-17-7-5-4-6-16(17)23-8-10-24(11-9-23)20(28)22-15-13-18(26-2)14(21)12-19(15)27-3/h4-7,12-13H,8-11H2,1-3H3,(H,22,28). The van der Waals surface area contributed by atoms with Gasteiger partial charge in [0.15, 0.2) is 5.11 Å². The number of hydrogen-bond donors (Lipinski definition) is 1. The molecule has 8 heteroatoms. The van der Waals surface area contributed by atoms with Crippen LogP contribution in [0.25, 0.3) is 0 Å². The fourth-order valence-electron chi connectivity index (χ4n) is 3.19. The molecule has 0 spiro atoms. The van der Waals surface area contributed by atoms with Crippen LogP contribution in [0.15, 0.2) is 36.4 Å². The maximum absolute atomic E-state index is 6.17. The Kier molecular flexibility index (Phi) is 6.70. The number of rotatable bonds is 5. The number of nitrogens with zero attached hydrogens (tertiary/aromatic N) is 2. The van der Waals surface area contributed by atoms with Crippen molar-refractivity contribution in [2.45, 2.75) is 0 Å². The summed E-state index contributed by atoms with van der Waals surface area (Å²) in [7, 11) is 4.87. The number of methoxy groups -OCH3 is 3. The molecule has 0 amide bonds. The van der Waals surface area contributed by atoms with Crippen molar-refractivity contribution in [1.82, 2.24) is 4.90 Å². The number of para-hydroxylation sites is 2. The van der Waals surface area contributed by atoms with E-state index in [0.29, 0.717) is 21.6 Å². The molecular weight excluding hydrogens is 398 g/mol. The van der Waals surface area contributed by atoms with Crippen molar-refractivity contribution in [3.05, 3.63) is 41.4 Å². The van der Waals surface area contributed by atoms with Crippen LogP contribution in [0.4, 0.5) is 11.4 Å². The lowest BCUT2D eigenvalue weighted by molar-refractivity contribution is 0.381. The molecule has 0 atom stereocenters. The van der Waals surface area contributed by atoms with Gasteiger partial charge < -0.3 is 29.3 Å². The third-order valence-corrected chi connectivity index (χ3v) is 5.36. The predicted molar refractivity (Wildman–Crippen MR) is 118 cm³/mol. The first-order valence-electron chi connectivity index (χ1n) is 8.92. The van der Waals surface area contributed by atoms with Gasteiger partial charge in [-0.3, -0.25) is 0 Å². The smallest absolute Gasteiger partial charge is 0.173 e. The minimum atomic E-state index is 0.487. The van der Waals surface area contributed by atoms with Crippen molar-refractivity contribution in [3.63, 3.8) is 0 Å². The van der Waals surface area contributed by atoms with Crippen LogP contribution in [0.5, 0.6) is 17.2 Å². The number of hydrogen-bond acceptors (Lipinski definition) is 5. The van der Waals surface area contributed by atoms with Crippen LogP contribution in [0.3, 0.4) is 0 Å². The van der Waals surface area contributed by atoms with Crippen molar-refractivity contribution >= 4 is 40.3 Å². The summed E-state index contributed by atoms with van der Waals surface area (Å²) in [5.74, 6) is 2.06. The van der Waals surface area contributed by atoms with Gasteiger partial charge in [-0.1, -0.05) is 23.7 Å². The Bertz CT molecular complexity index is 841. The lowest BCUT2D eigenvalue weighted by Crippen LogP contribution is -2.50. The van der Waals surface area contributed by atoms with Crippen molar-refractivity contribution < 1.29 is 14.2 Å². The molecule has 1 saturated heterocycles. The van der Waals surface area contributed by atoms with Gasteiger partial charge in [-0.15, -0.1) is 0 Å². The average Bonchev–Trinajstić information content (AvgIpc) is 2.74. The molecule has 2 aromatic rings. The maximum atomic E-state index is 6.17. The van der Waals surface area contributed by atoms with Gasteiger partial charge in [0.05, 0.1) is 37.7 Å². The molecule has 28 heavy (non-hydrogen) atoms. The Morgan fingerprint density at radius 3 is 2.21 bits per heavy atom. The van der Waals surface area contributed by atoms with Crippen molar-refractivity contribution in [2.75, 3.05) is 57.7 Å². The summed E-state index contributed by atoms with van der Waals surface area (Å²) < 4.78 is 16.2.